The molecule has 0 aliphatic heterocycles. The lowest BCUT2D eigenvalue weighted by molar-refractivity contribution is 0.0918. The standard InChI is InChI=1S/C19H23NO4S/c1-14(24-2)12-13-20-19(21)17-6-4-15(5-7-17)16-8-10-18(11-9-16)25(3,22)23/h4-11,14H,12-13H2,1-3H3,(H,20,21). The van der Waals surface area contributed by atoms with Crippen molar-refractivity contribution in [1.82, 2.24) is 5.32 Å². The summed E-state index contributed by atoms with van der Waals surface area (Å²) in [5.74, 6) is -0.123. The fourth-order valence-corrected chi connectivity index (χ4v) is 2.95. The number of hydrogen-bond donors (Lipinski definition) is 1. The summed E-state index contributed by atoms with van der Waals surface area (Å²) >= 11 is 0. The number of carbonyl (C=O) groups is 1. The molecule has 0 aliphatic carbocycles. The van der Waals surface area contributed by atoms with Gasteiger partial charge in [0, 0.05) is 25.5 Å². The maximum Gasteiger partial charge on any atom is 0.251 e. The highest BCUT2D eigenvalue weighted by molar-refractivity contribution is 7.90. The lowest BCUT2D eigenvalue weighted by Crippen LogP contribution is -2.26. The van der Waals surface area contributed by atoms with Crippen LogP contribution in [0.1, 0.15) is 23.7 Å². The molecule has 0 saturated heterocycles. The number of rotatable bonds is 7. The molecule has 2 rings (SSSR count). The average molecular weight is 361 g/mol. The van der Waals surface area contributed by atoms with Gasteiger partial charge < -0.3 is 10.1 Å². The third kappa shape index (κ3) is 5.41. The van der Waals surface area contributed by atoms with Crippen molar-refractivity contribution in [2.24, 2.45) is 0 Å². The third-order valence-corrected chi connectivity index (χ3v) is 5.13. The van der Waals surface area contributed by atoms with Gasteiger partial charge in [-0.15, -0.1) is 0 Å². The Hall–Kier alpha value is -2.18. The lowest BCUT2D eigenvalue weighted by atomic mass is 10.0. The SMILES string of the molecule is COC(C)CCNC(=O)c1ccc(-c2ccc(S(C)(=O)=O)cc2)cc1. The van der Waals surface area contributed by atoms with Crippen LogP contribution in [0.5, 0.6) is 0 Å². The first-order valence-corrected chi connectivity index (χ1v) is 9.92. The second kappa shape index (κ2) is 8.27. The molecule has 0 aromatic heterocycles. The van der Waals surface area contributed by atoms with Crippen LogP contribution < -0.4 is 5.32 Å². The van der Waals surface area contributed by atoms with E-state index in [2.05, 4.69) is 5.32 Å². The van der Waals surface area contributed by atoms with E-state index < -0.39 is 9.84 Å². The zero-order chi connectivity index (χ0) is 18.4. The molecule has 0 aliphatic rings. The van der Waals surface area contributed by atoms with Crippen molar-refractivity contribution in [2.45, 2.75) is 24.3 Å². The van der Waals surface area contributed by atoms with Crippen LogP contribution in [0.25, 0.3) is 11.1 Å². The fraction of sp³-hybridized carbons (Fsp3) is 0.316. The summed E-state index contributed by atoms with van der Waals surface area (Å²) in [6.45, 7) is 2.51. The van der Waals surface area contributed by atoms with Gasteiger partial charge in [-0.3, -0.25) is 4.79 Å². The summed E-state index contributed by atoms with van der Waals surface area (Å²) < 4.78 is 28.1. The molecular formula is C19H23NO4S. The van der Waals surface area contributed by atoms with E-state index in [1.54, 1.807) is 43.5 Å². The number of nitrogens with one attached hydrogen (secondary N) is 1. The Bertz CT molecular complexity index is 812. The smallest absolute Gasteiger partial charge is 0.251 e. The number of sulfone groups is 1. The minimum atomic E-state index is -3.20. The first-order chi connectivity index (χ1) is 11.8. The molecular weight excluding hydrogens is 338 g/mol. The monoisotopic (exact) mass is 361 g/mol. The van der Waals surface area contributed by atoms with Crippen LogP contribution in [0.2, 0.25) is 0 Å². The predicted octanol–water partition coefficient (Wildman–Crippen LogP) is 2.91. The fourth-order valence-electron chi connectivity index (χ4n) is 2.32. The van der Waals surface area contributed by atoms with Crippen molar-refractivity contribution in [3.63, 3.8) is 0 Å². The summed E-state index contributed by atoms with van der Waals surface area (Å²) in [5.41, 5.74) is 2.40. The van der Waals surface area contributed by atoms with Gasteiger partial charge in [0.05, 0.1) is 11.0 Å². The number of methoxy groups -OCH3 is 1. The Morgan fingerprint density at radius 2 is 1.56 bits per heavy atom. The van der Waals surface area contributed by atoms with Gasteiger partial charge in [-0.2, -0.15) is 0 Å². The van der Waals surface area contributed by atoms with Gasteiger partial charge in [-0.05, 0) is 48.7 Å². The van der Waals surface area contributed by atoms with Crippen LogP contribution in [0.15, 0.2) is 53.4 Å². The predicted molar refractivity (Wildman–Crippen MR) is 98.4 cm³/mol. The van der Waals surface area contributed by atoms with Crippen molar-refractivity contribution >= 4 is 15.7 Å². The van der Waals surface area contributed by atoms with Crippen molar-refractivity contribution in [3.05, 3.63) is 54.1 Å². The second-order valence-electron chi connectivity index (χ2n) is 5.96. The molecule has 1 unspecified atom stereocenters. The first kappa shape index (κ1) is 19.1. The van der Waals surface area contributed by atoms with Crippen LogP contribution >= 0.6 is 0 Å². The largest absolute Gasteiger partial charge is 0.382 e. The zero-order valence-corrected chi connectivity index (χ0v) is 15.5. The van der Waals surface area contributed by atoms with Crippen molar-refractivity contribution in [3.8, 4) is 11.1 Å². The quantitative estimate of drug-likeness (QED) is 0.823. The Kier molecular flexibility index (Phi) is 6.33. The molecule has 2 aromatic rings. The second-order valence-corrected chi connectivity index (χ2v) is 7.98. The lowest BCUT2D eigenvalue weighted by Gasteiger charge is -2.10. The van der Waals surface area contributed by atoms with Gasteiger partial charge in [0.15, 0.2) is 9.84 Å². The maximum atomic E-state index is 12.1. The van der Waals surface area contributed by atoms with E-state index in [1.165, 1.54) is 6.26 Å². The Labute approximate surface area is 148 Å². The molecule has 0 fully saturated rings. The molecule has 0 bridgehead atoms. The topological polar surface area (TPSA) is 72.5 Å². The number of benzene rings is 2. The molecule has 2 aromatic carbocycles. The highest BCUT2D eigenvalue weighted by atomic mass is 32.2. The summed E-state index contributed by atoms with van der Waals surface area (Å²) in [4.78, 5) is 12.4. The summed E-state index contributed by atoms with van der Waals surface area (Å²) in [6.07, 6.45) is 2.05. The highest BCUT2D eigenvalue weighted by Gasteiger charge is 2.09. The van der Waals surface area contributed by atoms with Crippen molar-refractivity contribution in [2.75, 3.05) is 19.9 Å². The highest BCUT2D eigenvalue weighted by Crippen LogP contribution is 2.22. The number of ether oxygens (including phenoxy) is 1. The summed E-state index contributed by atoms with van der Waals surface area (Å²) in [5, 5.41) is 2.86. The van der Waals surface area contributed by atoms with Gasteiger partial charge in [0.25, 0.3) is 5.91 Å². The maximum absolute atomic E-state index is 12.1. The van der Waals surface area contributed by atoms with E-state index in [-0.39, 0.29) is 16.9 Å². The van der Waals surface area contributed by atoms with Gasteiger partial charge in [0.2, 0.25) is 0 Å². The Balaban J connectivity index is 2.03. The average Bonchev–Trinajstić information content (AvgIpc) is 2.61. The van der Waals surface area contributed by atoms with Crippen molar-refractivity contribution < 1.29 is 17.9 Å². The van der Waals surface area contributed by atoms with E-state index in [0.717, 1.165) is 17.5 Å². The molecule has 134 valence electrons. The van der Waals surface area contributed by atoms with E-state index in [9.17, 15) is 13.2 Å². The molecule has 25 heavy (non-hydrogen) atoms. The first-order valence-electron chi connectivity index (χ1n) is 8.03. The molecule has 1 atom stereocenters. The van der Waals surface area contributed by atoms with E-state index in [1.807, 2.05) is 19.1 Å². The van der Waals surface area contributed by atoms with E-state index >= 15 is 0 Å². The Morgan fingerprint density at radius 1 is 1.04 bits per heavy atom. The van der Waals surface area contributed by atoms with Crippen LogP contribution in [-0.2, 0) is 14.6 Å². The summed E-state index contributed by atoms with van der Waals surface area (Å²) in [7, 11) is -1.55. The molecule has 0 saturated carbocycles. The van der Waals surface area contributed by atoms with Crippen LogP contribution in [-0.4, -0.2) is 40.3 Å². The summed E-state index contributed by atoms with van der Waals surface area (Å²) in [6, 6.07) is 13.9. The van der Waals surface area contributed by atoms with Crippen LogP contribution in [0, 0.1) is 0 Å². The zero-order valence-electron chi connectivity index (χ0n) is 14.7. The van der Waals surface area contributed by atoms with Crippen molar-refractivity contribution in [1.29, 1.82) is 0 Å². The van der Waals surface area contributed by atoms with Gasteiger partial charge in [-0.25, -0.2) is 8.42 Å². The number of carbonyl (C=O) groups excluding carboxylic acids is 1. The molecule has 0 heterocycles. The van der Waals surface area contributed by atoms with Gasteiger partial charge in [0.1, 0.15) is 0 Å². The van der Waals surface area contributed by atoms with E-state index in [0.29, 0.717) is 12.1 Å². The molecule has 0 radical (unpaired) electrons. The van der Waals surface area contributed by atoms with Crippen LogP contribution in [0.4, 0.5) is 0 Å². The van der Waals surface area contributed by atoms with Crippen LogP contribution in [0.3, 0.4) is 0 Å². The third-order valence-electron chi connectivity index (χ3n) is 4.00. The van der Waals surface area contributed by atoms with E-state index in [4.69, 9.17) is 4.74 Å². The van der Waals surface area contributed by atoms with Gasteiger partial charge in [-0.1, -0.05) is 24.3 Å². The molecule has 5 nitrogen and oxygen atoms in total. The van der Waals surface area contributed by atoms with Gasteiger partial charge >= 0.3 is 0 Å². The number of amides is 1. The molecule has 6 heteroatoms. The number of hydrogen-bond acceptors (Lipinski definition) is 4. The normalized spacial score (nSPS) is 12.6. The minimum Gasteiger partial charge on any atom is -0.382 e. The minimum absolute atomic E-state index is 0.109. The molecule has 1 N–H and O–H groups in total. The molecule has 0 spiro atoms. The molecule has 1 amide bonds. The Morgan fingerprint density at radius 3 is 2.04 bits per heavy atom.